The summed E-state index contributed by atoms with van der Waals surface area (Å²) >= 11 is 7.48. The van der Waals surface area contributed by atoms with E-state index < -0.39 is 0 Å². The Bertz CT molecular complexity index is 84.7. The number of thioether (sulfide) groups is 1. The van der Waals surface area contributed by atoms with Crippen LogP contribution in [0.15, 0.2) is 9.94 Å². The summed E-state index contributed by atoms with van der Waals surface area (Å²) < 4.78 is 0. The molecule has 0 heterocycles. The third-order valence-corrected chi connectivity index (χ3v) is 2.52. The van der Waals surface area contributed by atoms with Gasteiger partial charge in [-0.25, -0.2) is 0 Å². The van der Waals surface area contributed by atoms with E-state index in [0.29, 0.717) is 0 Å². The maximum absolute atomic E-state index is 5.77. The van der Waals surface area contributed by atoms with Crippen LogP contribution in [0.25, 0.3) is 0 Å². The molecular formula is C6H11ClS. The van der Waals surface area contributed by atoms with Crippen molar-refractivity contribution in [3.8, 4) is 0 Å². The van der Waals surface area contributed by atoms with Gasteiger partial charge in [0.15, 0.2) is 0 Å². The Hall–Kier alpha value is 0.380. The molecule has 0 nitrogen and oxygen atoms in total. The van der Waals surface area contributed by atoms with E-state index in [9.17, 15) is 0 Å². The van der Waals surface area contributed by atoms with Crippen molar-refractivity contribution in [1.29, 1.82) is 0 Å². The molecule has 0 aliphatic carbocycles. The lowest BCUT2D eigenvalue weighted by atomic mass is 10.4. The summed E-state index contributed by atoms with van der Waals surface area (Å²) in [6.07, 6.45) is 2.99. The summed E-state index contributed by atoms with van der Waals surface area (Å²) in [5.41, 5.74) is 0. The Morgan fingerprint density at radius 2 is 2.12 bits per heavy atom. The fraction of sp³-hybridized carbons (Fsp3) is 0.667. The van der Waals surface area contributed by atoms with Gasteiger partial charge in [-0.05, 0) is 24.5 Å². The molecule has 0 saturated heterocycles. The lowest BCUT2D eigenvalue weighted by Crippen LogP contribution is -1.71. The summed E-state index contributed by atoms with van der Waals surface area (Å²) in [5, 5.41) is 0.984. The molecule has 0 aromatic heterocycles. The highest BCUT2D eigenvalue weighted by molar-refractivity contribution is 8.02. The molecule has 0 aliphatic rings. The highest BCUT2D eigenvalue weighted by atomic mass is 35.5. The van der Waals surface area contributed by atoms with Crippen LogP contribution in [-0.2, 0) is 0 Å². The first-order valence-electron chi connectivity index (χ1n) is 2.61. The summed E-state index contributed by atoms with van der Waals surface area (Å²) in [6, 6.07) is 0. The second-order valence-electron chi connectivity index (χ2n) is 1.52. The highest BCUT2D eigenvalue weighted by Crippen LogP contribution is 2.20. The van der Waals surface area contributed by atoms with Crippen molar-refractivity contribution in [2.45, 2.75) is 20.3 Å². The van der Waals surface area contributed by atoms with Gasteiger partial charge in [0, 0.05) is 5.03 Å². The average Bonchev–Trinajstić information content (AvgIpc) is 1.84. The molecule has 0 bridgehead atoms. The van der Waals surface area contributed by atoms with Crippen molar-refractivity contribution < 1.29 is 0 Å². The topological polar surface area (TPSA) is 0 Å². The van der Waals surface area contributed by atoms with Crippen molar-refractivity contribution in [1.82, 2.24) is 0 Å². The second kappa shape index (κ2) is 4.28. The summed E-state index contributed by atoms with van der Waals surface area (Å²) in [6.45, 7) is 4.10. The van der Waals surface area contributed by atoms with Crippen LogP contribution in [0, 0.1) is 0 Å². The van der Waals surface area contributed by atoms with Crippen molar-refractivity contribution in [2.75, 3.05) is 6.26 Å². The predicted octanol–water partition coefficient (Wildman–Crippen LogP) is 3.23. The molecule has 0 amide bonds. The highest BCUT2D eigenvalue weighted by Gasteiger charge is 1.91. The minimum Gasteiger partial charge on any atom is -0.133 e. The molecule has 8 heavy (non-hydrogen) atoms. The van der Waals surface area contributed by atoms with Gasteiger partial charge >= 0.3 is 0 Å². The molecule has 0 radical (unpaired) electrons. The Morgan fingerprint density at radius 3 is 2.25 bits per heavy atom. The summed E-state index contributed by atoms with van der Waals surface area (Å²) in [4.78, 5) is 1.23. The molecule has 48 valence electrons. The third kappa shape index (κ3) is 2.63. The van der Waals surface area contributed by atoms with Gasteiger partial charge in [-0.1, -0.05) is 18.5 Å². The number of rotatable bonds is 2. The first-order chi connectivity index (χ1) is 3.72. The lowest BCUT2D eigenvalue weighted by Gasteiger charge is -1.96. The van der Waals surface area contributed by atoms with Gasteiger partial charge < -0.3 is 0 Å². The molecular weight excluding hydrogens is 140 g/mol. The standard InChI is InChI=1S/C6H11ClS/c1-4-6(7)5(2)8-3/h4H2,1-3H3/b6-5-. The normalized spacial score (nSPS) is 13.5. The second-order valence-corrected chi connectivity index (χ2v) is 3.00. The zero-order chi connectivity index (χ0) is 6.57. The molecule has 0 aliphatic heterocycles. The van der Waals surface area contributed by atoms with Crippen LogP contribution in [0.5, 0.6) is 0 Å². The predicted molar refractivity (Wildman–Crippen MR) is 42.4 cm³/mol. The third-order valence-electron chi connectivity index (χ3n) is 0.999. The molecule has 0 saturated carbocycles. The largest absolute Gasteiger partial charge is 0.133 e. The van der Waals surface area contributed by atoms with Gasteiger partial charge in [-0.3, -0.25) is 0 Å². The first kappa shape index (κ1) is 8.38. The van der Waals surface area contributed by atoms with E-state index in [1.54, 1.807) is 11.8 Å². The SMILES string of the molecule is CC/C(Cl)=C(\C)SC. The maximum atomic E-state index is 5.77. The van der Waals surface area contributed by atoms with Gasteiger partial charge in [-0.15, -0.1) is 11.8 Å². The number of hydrogen-bond acceptors (Lipinski definition) is 1. The van der Waals surface area contributed by atoms with Crippen molar-refractivity contribution in [2.24, 2.45) is 0 Å². The van der Waals surface area contributed by atoms with E-state index in [-0.39, 0.29) is 0 Å². The van der Waals surface area contributed by atoms with Gasteiger partial charge in [-0.2, -0.15) is 0 Å². The van der Waals surface area contributed by atoms with Crippen LogP contribution in [0.1, 0.15) is 20.3 Å². The molecule has 0 atom stereocenters. The van der Waals surface area contributed by atoms with Crippen LogP contribution in [0.4, 0.5) is 0 Å². The smallest absolute Gasteiger partial charge is 0.0270 e. The van der Waals surface area contributed by atoms with E-state index in [2.05, 4.69) is 6.92 Å². The fourth-order valence-corrected chi connectivity index (χ4v) is 0.957. The van der Waals surface area contributed by atoms with Crippen molar-refractivity contribution in [3.05, 3.63) is 9.94 Å². The van der Waals surface area contributed by atoms with Gasteiger partial charge in [0.1, 0.15) is 0 Å². The van der Waals surface area contributed by atoms with Crippen LogP contribution < -0.4 is 0 Å². The zero-order valence-electron chi connectivity index (χ0n) is 5.49. The minimum absolute atomic E-state index is 0.953. The minimum atomic E-state index is 0.953. The lowest BCUT2D eigenvalue weighted by molar-refractivity contribution is 1.18. The molecule has 0 aromatic carbocycles. The van der Waals surface area contributed by atoms with Gasteiger partial charge in [0.2, 0.25) is 0 Å². The number of hydrogen-bond donors (Lipinski definition) is 0. The number of halogens is 1. The molecule has 2 heteroatoms. The number of allylic oxidation sites excluding steroid dienone is 2. The molecule has 0 aromatic rings. The summed E-state index contributed by atoms with van der Waals surface area (Å²) in [7, 11) is 0. The molecule has 0 rings (SSSR count). The quantitative estimate of drug-likeness (QED) is 0.583. The van der Waals surface area contributed by atoms with Gasteiger partial charge in [0.25, 0.3) is 0 Å². The fourth-order valence-electron chi connectivity index (χ4n) is 0.360. The molecule has 0 spiro atoms. The van der Waals surface area contributed by atoms with Crippen LogP contribution in [0.2, 0.25) is 0 Å². The van der Waals surface area contributed by atoms with E-state index in [4.69, 9.17) is 11.6 Å². The Balaban J connectivity index is 3.83. The summed E-state index contributed by atoms with van der Waals surface area (Å²) in [5.74, 6) is 0. The van der Waals surface area contributed by atoms with E-state index in [1.807, 2.05) is 13.2 Å². The molecule has 0 fully saturated rings. The van der Waals surface area contributed by atoms with Crippen molar-refractivity contribution in [3.63, 3.8) is 0 Å². The first-order valence-corrected chi connectivity index (χ1v) is 4.21. The van der Waals surface area contributed by atoms with Crippen LogP contribution in [-0.4, -0.2) is 6.26 Å². The monoisotopic (exact) mass is 150 g/mol. The Kier molecular flexibility index (Phi) is 4.48. The Morgan fingerprint density at radius 1 is 1.62 bits per heavy atom. The van der Waals surface area contributed by atoms with E-state index in [0.717, 1.165) is 11.5 Å². The van der Waals surface area contributed by atoms with Crippen LogP contribution >= 0.6 is 23.4 Å². The van der Waals surface area contributed by atoms with Crippen LogP contribution in [0.3, 0.4) is 0 Å². The average molecular weight is 151 g/mol. The van der Waals surface area contributed by atoms with E-state index in [1.165, 1.54) is 4.91 Å². The molecule has 0 unspecified atom stereocenters. The Labute approximate surface area is 60.3 Å². The van der Waals surface area contributed by atoms with Crippen molar-refractivity contribution >= 4 is 23.4 Å². The zero-order valence-corrected chi connectivity index (χ0v) is 7.07. The maximum Gasteiger partial charge on any atom is 0.0270 e. The van der Waals surface area contributed by atoms with Gasteiger partial charge in [0.05, 0.1) is 0 Å². The molecule has 0 N–H and O–H groups in total. The van der Waals surface area contributed by atoms with E-state index >= 15 is 0 Å².